The minimum Gasteiger partial charge on any atom is -0.487 e. The van der Waals surface area contributed by atoms with E-state index in [9.17, 15) is 4.79 Å². The molecule has 1 amide bonds. The van der Waals surface area contributed by atoms with E-state index in [-0.39, 0.29) is 12.0 Å². The van der Waals surface area contributed by atoms with Gasteiger partial charge in [-0.1, -0.05) is 12.1 Å². The van der Waals surface area contributed by atoms with E-state index < -0.39 is 0 Å². The minimum atomic E-state index is -0.228. The molecule has 3 aromatic rings. The summed E-state index contributed by atoms with van der Waals surface area (Å²) in [5.41, 5.74) is 2.78. The topological polar surface area (TPSA) is 77.3 Å². The zero-order valence-electron chi connectivity index (χ0n) is 13.7. The van der Waals surface area contributed by atoms with Crippen LogP contribution in [-0.4, -0.2) is 28.5 Å². The molecule has 1 unspecified atom stereocenters. The van der Waals surface area contributed by atoms with Crippen molar-refractivity contribution in [3.8, 4) is 17.1 Å². The van der Waals surface area contributed by atoms with Crippen LogP contribution in [0.4, 0.5) is 0 Å². The molecule has 0 saturated heterocycles. The zero-order chi connectivity index (χ0) is 17.2. The van der Waals surface area contributed by atoms with Gasteiger partial charge in [0.1, 0.15) is 11.9 Å². The van der Waals surface area contributed by atoms with E-state index in [1.807, 2.05) is 25.1 Å². The van der Waals surface area contributed by atoms with Gasteiger partial charge in [0.05, 0.1) is 18.4 Å². The number of para-hydroxylation sites is 1. The third-order valence-corrected chi connectivity index (χ3v) is 4.19. The number of furan rings is 1. The van der Waals surface area contributed by atoms with Crippen molar-refractivity contribution in [2.45, 2.75) is 19.4 Å². The number of fused-ring (bicyclic) bond motifs is 1. The summed E-state index contributed by atoms with van der Waals surface area (Å²) in [7, 11) is 0. The zero-order valence-corrected chi connectivity index (χ0v) is 13.7. The fourth-order valence-electron chi connectivity index (χ4n) is 2.96. The highest BCUT2D eigenvalue weighted by molar-refractivity contribution is 5.92. The van der Waals surface area contributed by atoms with Crippen LogP contribution >= 0.6 is 0 Å². The molecular weight excluding hydrogens is 318 g/mol. The Morgan fingerprint density at radius 3 is 2.84 bits per heavy atom. The summed E-state index contributed by atoms with van der Waals surface area (Å²) in [4.78, 5) is 20.8. The van der Waals surface area contributed by atoms with E-state index in [1.54, 1.807) is 24.5 Å². The average molecular weight is 335 g/mol. The quantitative estimate of drug-likeness (QED) is 0.793. The molecule has 3 heterocycles. The van der Waals surface area contributed by atoms with Gasteiger partial charge in [0.25, 0.3) is 5.91 Å². The number of hydrogen-bond donors (Lipinski definition) is 1. The minimum absolute atomic E-state index is 0.126. The lowest BCUT2D eigenvalue weighted by atomic mass is 10.1. The molecule has 6 nitrogen and oxygen atoms in total. The number of carbonyl (C=O) groups is 1. The molecule has 0 radical (unpaired) electrons. The van der Waals surface area contributed by atoms with Crippen molar-refractivity contribution in [2.75, 3.05) is 6.54 Å². The van der Waals surface area contributed by atoms with Crippen LogP contribution < -0.4 is 10.1 Å². The predicted octanol–water partition coefficient (Wildman–Crippen LogP) is 2.78. The van der Waals surface area contributed by atoms with Crippen molar-refractivity contribution in [3.05, 3.63) is 65.9 Å². The Labute approximate surface area is 144 Å². The van der Waals surface area contributed by atoms with E-state index in [4.69, 9.17) is 9.15 Å². The van der Waals surface area contributed by atoms with Crippen LogP contribution in [0.5, 0.6) is 5.75 Å². The van der Waals surface area contributed by atoms with Crippen molar-refractivity contribution >= 4 is 5.91 Å². The summed E-state index contributed by atoms with van der Waals surface area (Å²) in [6.07, 6.45) is 5.53. The Kier molecular flexibility index (Phi) is 3.93. The van der Waals surface area contributed by atoms with Gasteiger partial charge in [0.2, 0.25) is 0 Å². The Hall–Kier alpha value is -3.15. The van der Waals surface area contributed by atoms with Gasteiger partial charge in [0.15, 0.2) is 11.6 Å². The first-order valence-corrected chi connectivity index (χ1v) is 8.10. The molecule has 0 bridgehead atoms. The van der Waals surface area contributed by atoms with Crippen LogP contribution in [0.15, 0.2) is 53.4 Å². The average Bonchev–Trinajstić information content (AvgIpc) is 3.25. The highest BCUT2D eigenvalue weighted by atomic mass is 16.5. The van der Waals surface area contributed by atoms with Gasteiger partial charge in [-0.25, -0.2) is 9.97 Å². The van der Waals surface area contributed by atoms with Gasteiger partial charge in [-0.05, 0) is 30.7 Å². The van der Waals surface area contributed by atoms with Crippen molar-refractivity contribution in [1.29, 1.82) is 0 Å². The monoisotopic (exact) mass is 335 g/mol. The number of benzene rings is 1. The van der Waals surface area contributed by atoms with Gasteiger partial charge in [-0.2, -0.15) is 0 Å². The highest BCUT2D eigenvalue weighted by Gasteiger charge is 2.27. The molecule has 6 heteroatoms. The van der Waals surface area contributed by atoms with Crippen molar-refractivity contribution in [1.82, 2.24) is 15.3 Å². The van der Waals surface area contributed by atoms with Crippen molar-refractivity contribution in [3.63, 3.8) is 0 Å². The number of nitrogens with one attached hydrogen (secondary N) is 1. The summed E-state index contributed by atoms with van der Waals surface area (Å²) in [6.45, 7) is 2.25. The first-order chi connectivity index (χ1) is 12.2. The summed E-state index contributed by atoms with van der Waals surface area (Å²) < 4.78 is 11.3. The molecular formula is C19H17N3O3. The fraction of sp³-hybridized carbons (Fsp3) is 0.211. The van der Waals surface area contributed by atoms with E-state index in [1.165, 1.54) is 6.26 Å². The summed E-state index contributed by atoms with van der Waals surface area (Å²) in [5.74, 6) is 1.54. The van der Waals surface area contributed by atoms with Gasteiger partial charge in [0, 0.05) is 24.4 Å². The van der Waals surface area contributed by atoms with Crippen LogP contribution in [0.25, 0.3) is 11.4 Å². The molecule has 1 N–H and O–H groups in total. The van der Waals surface area contributed by atoms with Crippen LogP contribution in [-0.2, 0) is 6.42 Å². The van der Waals surface area contributed by atoms with Gasteiger partial charge in [-0.3, -0.25) is 4.79 Å². The van der Waals surface area contributed by atoms with Crippen molar-refractivity contribution < 1.29 is 13.9 Å². The Morgan fingerprint density at radius 2 is 2.08 bits per heavy atom. The number of amides is 1. The third-order valence-electron chi connectivity index (χ3n) is 4.19. The maximum absolute atomic E-state index is 12.2. The lowest BCUT2D eigenvalue weighted by Gasteiger charge is -2.12. The third kappa shape index (κ3) is 2.98. The molecule has 1 atom stereocenters. The Balaban J connectivity index is 1.47. The summed E-state index contributed by atoms with van der Waals surface area (Å²) in [5, 5.41) is 2.87. The molecule has 25 heavy (non-hydrogen) atoms. The molecule has 2 aromatic heterocycles. The summed E-state index contributed by atoms with van der Waals surface area (Å²) in [6, 6.07) is 9.49. The van der Waals surface area contributed by atoms with E-state index in [0.717, 1.165) is 28.9 Å². The largest absolute Gasteiger partial charge is 0.487 e. The van der Waals surface area contributed by atoms with Gasteiger partial charge < -0.3 is 14.5 Å². The molecule has 126 valence electrons. The predicted molar refractivity (Wildman–Crippen MR) is 91.4 cm³/mol. The fourth-order valence-corrected chi connectivity index (χ4v) is 2.96. The Bertz CT molecular complexity index is 905. The Morgan fingerprint density at radius 1 is 1.24 bits per heavy atom. The maximum atomic E-state index is 12.2. The van der Waals surface area contributed by atoms with Gasteiger partial charge >= 0.3 is 0 Å². The lowest BCUT2D eigenvalue weighted by molar-refractivity contribution is 0.0905. The highest BCUT2D eigenvalue weighted by Crippen LogP contribution is 2.37. The molecule has 4 rings (SSSR count). The second-order valence-electron chi connectivity index (χ2n) is 5.95. The molecule has 0 saturated carbocycles. The molecule has 1 aromatic carbocycles. The number of aromatic nitrogens is 2. The molecule has 1 aliphatic heterocycles. The number of aryl methyl sites for hydroxylation is 1. The lowest BCUT2D eigenvalue weighted by Crippen LogP contribution is -2.34. The molecule has 0 fully saturated rings. The first kappa shape index (κ1) is 15.4. The maximum Gasteiger partial charge on any atom is 0.287 e. The first-order valence-electron chi connectivity index (χ1n) is 8.10. The number of nitrogens with zero attached hydrogens (tertiary/aromatic N) is 2. The second kappa shape index (κ2) is 6.39. The number of hydrogen-bond acceptors (Lipinski definition) is 5. The van der Waals surface area contributed by atoms with Crippen LogP contribution in [0.2, 0.25) is 0 Å². The smallest absolute Gasteiger partial charge is 0.287 e. The van der Waals surface area contributed by atoms with Crippen LogP contribution in [0.3, 0.4) is 0 Å². The van der Waals surface area contributed by atoms with Crippen LogP contribution in [0, 0.1) is 6.92 Å². The molecule has 0 spiro atoms. The van der Waals surface area contributed by atoms with E-state index in [2.05, 4.69) is 15.3 Å². The van der Waals surface area contributed by atoms with Gasteiger partial charge in [-0.15, -0.1) is 0 Å². The number of carbonyl (C=O) groups excluding carboxylic acids is 1. The molecule has 1 aliphatic rings. The standard InChI is InChI=1S/C19H17N3O3/c1-12-6-9-24-16(12)19(23)22-11-14-10-13-4-2-5-15(17(13)25-14)18-20-7-3-8-21-18/h2-9,14H,10-11H2,1H3,(H,22,23). The SMILES string of the molecule is Cc1ccoc1C(=O)NCC1Cc2cccc(-c3ncccn3)c2O1. The molecule has 0 aliphatic carbocycles. The van der Waals surface area contributed by atoms with E-state index >= 15 is 0 Å². The second-order valence-corrected chi connectivity index (χ2v) is 5.95. The normalized spacial score (nSPS) is 15.5. The summed E-state index contributed by atoms with van der Waals surface area (Å²) >= 11 is 0. The van der Waals surface area contributed by atoms with Crippen molar-refractivity contribution in [2.24, 2.45) is 0 Å². The van der Waals surface area contributed by atoms with E-state index in [0.29, 0.717) is 18.1 Å². The van der Waals surface area contributed by atoms with Crippen LogP contribution in [0.1, 0.15) is 21.7 Å². The number of rotatable bonds is 4. The number of ether oxygens (including phenoxy) is 1.